The Hall–Kier alpha value is -2.15. The van der Waals surface area contributed by atoms with Gasteiger partial charge in [-0.1, -0.05) is 15.9 Å². The summed E-state index contributed by atoms with van der Waals surface area (Å²) in [7, 11) is 0. The molecule has 25 heavy (non-hydrogen) atoms. The van der Waals surface area contributed by atoms with Crippen LogP contribution in [0.2, 0.25) is 0 Å². The highest BCUT2D eigenvalue weighted by Crippen LogP contribution is 2.28. The van der Waals surface area contributed by atoms with Crippen LogP contribution in [0.1, 0.15) is 28.8 Å². The van der Waals surface area contributed by atoms with Gasteiger partial charge in [0.15, 0.2) is 0 Å². The molecule has 2 aliphatic rings. The van der Waals surface area contributed by atoms with Gasteiger partial charge in [-0.05, 0) is 37.0 Å². The van der Waals surface area contributed by atoms with E-state index < -0.39 is 0 Å². The van der Waals surface area contributed by atoms with Gasteiger partial charge in [0.2, 0.25) is 11.3 Å². The molecule has 2 aromatic rings. The zero-order valence-corrected chi connectivity index (χ0v) is 15.2. The quantitative estimate of drug-likeness (QED) is 0.826. The number of halogens is 1. The van der Waals surface area contributed by atoms with Crippen molar-refractivity contribution in [3.63, 3.8) is 0 Å². The Kier molecular flexibility index (Phi) is 3.91. The molecule has 3 heterocycles. The number of piperidine rings is 1. The molecule has 2 amide bonds. The predicted octanol–water partition coefficient (Wildman–Crippen LogP) is 1.66. The van der Waals surface area contributed by atoms with E-state index in [1.165, 1.54) is 0 Å². The maximum Gasteiger partial charge on any atom is 0.259 e. The molecule has 0 radical (unpaired) electrons. The highest BCUT2D eigenvalue weighted by atomic mass is 79.9. The first-order chi connectivity index (χ1) is 12.0. The number of carbonyl (C=O) groups is 2. The van der Waals surface area contributed by atoms with Crippen LogP contribution in [0.15, 0.2) is 27.6 Å². The average molecular weight is 404 g/mol. The highest BCUT2D eigenvalue weighted by molar-refractivity contribution is 9.10. The van der Waals surface area contributed by atoms with E-state index in [2.05, 4.69) is 15.9 Å². The van der Waals surface area contributed by atoms with Gasteiger partial charge in [-0.15, -0.1) is 0 Å². The van der Waals surface area contributed by atoms with Crippen molar-refractivity contribution < 1.29 is 9.59 Å². The van der Waals surface area contributed by atoms with Gasteiger partial charge in [0.25, 0.3) is 5.91 Å². The maximum atomic E-state index is 12.9. The molecule has 0 bridgehead atoms. The Bertz CT molecular complexity index is 958. The van der Waals surface area contributed by atoms with Crippen LogP contribution in [-0.2, 0) is 17.8 Å². The smallest absolute Gasteiger partial charge is 0.259 e. The van der Waals surface area contributed by atoms with E-state index in [4.69, 9.17) is 5.73 Å². The third-order valence-corrected chi connectivity index (χ3v) is 5.71. The van der Waals surface area contributed by atoms with E-state index >= 15 is 0 Å². The molecule has 130 valence electrons. The van der Waals surface area contributed by atoms with E-state index in [-0.39, 0.29) is 28.7 Å². The van der Waals surface area contributed by atoms with Crippen LogP contribution in [-0.4, -0.2) is 34.4 Å². The number of likely N-dealkylation sites (tertiary alicyclic amines) is 1. The van der Waals surface area contributed by atoms with Crippen molar-refractivity contribution in [2.75, 3.05) is 13.1 Å². The van der Waals surface area contributed by atoms with Crippen molar-refractivity contribution in [3.05, 3.63) is 44.2 Å². The largest absolute Gasteiger partial charge is 0.369 e. The molecule has 0 unspecified atom stereocenters. The van der Waals surface area contributed by atoms with Gasteiger partial charge in [0.05, 0.1) is 5.52 Å². The van der Waals surface area contributed by atoms with Crippen LogP contribution in [0.4, 0.5) is 0 Å². The molecule has 0 aliphatic carbocycles. The van der Waals surface area contributed by atoms with Crippen molar-refractivity contribution in [1.29, 1.82) is 0 Å². The molecule has 1 aromatic carbocycles. The number of pyridine rings is 1. The highest BCUT2D eigenvalue weighted by Gasteiger charge is 2.29. The average Bonchev–Trinajstić information content (AvgIpc) is 3.00. The first-order valence-corrected chi connectivity index (χ1v) is 9.19. The zero-order valence-electron chi connectivity index (χ0n) is 13.6. The Labute approximate surface area is 152 Å². The Morgan fingerprint density at radius 1 is 1.16 bits per heavy atom. The topological polar surface area (TPSA) is 85.4 Å². The molecule has 4 rings (SSSR count). The molecule has 7 heteroatoms. The number of primary amides is 1. The fourth-order valence-electron chi connectivity index (χ4n) is 3.89. The second kappa shape index (κ2) is 5.98. The minimum absolute atomic E-state index is 0.182. The summed E-state index contributed by atoms with van der Waals surface area (Å²) in [6.45, 7) is 1.67. The van der Waals surface area contributed by atoms with Crippen LogP contribution in [0, 0.1) is 5.92 Å². The lowest BCUT2D eigenvalue weighted by atomic mass is 9.96. The minimum Gasteiger partial charge on any atom is -0.369 e. The fourth-order valence-corrected chi connectivity index (χ4v) is 4.39. The Morgan fingerprint density at radius 3 is 2.56 bits per heavy atom. The summed E-state index contributed by atoms with van der Waals surface area (Å²) in [5.74, 6) is -0.756. The van der Waals surface area contributed by atoms with Crippen molar-refractivity contribution in [1.82, 2.24) is 9.47 Å². The first-order valence-electron chi connectivity index (χ1n) is 8.40. The summed E-state index contributed by atoms with van der Waals surface area (Å²) in [5, 5.41) is 0.583. The normalized spacial score (nSPS) is 17.2. The molecule has 2 N–H and O–H groups in total. The van der Waals surface area contributed by atoms with Gasteiger partial charge in [-0.25, -0.2) is 0 Å². The van der Waals surface area contributed by atoms with Crippen LogP contribution in [0.3, 0.4) is 0 Å². The molecular weight excluding hydrogens is 386 g/mol. The summed E-state index contributed by atoms with van der Waals surface area (Å²) in [5.41, 5.74) is 7.38. The van der Waals surface area contributed by atoms with Crippen LogP contribution < -0.4 is 11.2 Å². The number of hydrogen-bond acceptors (Lipinski definition) is 3. The second-order valence-electron chi connectivity index (χ2n) is 6.75. The number of nitrogens with zero attached hydrogens (tertiary/aromatic N) is 2. The SMILES string of the molecule is NC(=O)C1CCN(C(=O)c2cn3c4c(cc(Br)cc4c2=O)CC3)CC1. The molecule has 0 spiro atoms. The third-order valence-electron chi connectivity index (χ3n) is 5.25. The Morgan fingerprint density at radius 2 is 1.88 bits per heavy atom. The summed E-state index contributed by atoms with van der Waals surface area (Å²) < 4.78 is 2.86. The molecule has 0 atom stereocenters. The van der Waals surface area contributed by atoms with Crippen LogP contribution in [0.25, 0.3) is 10.9 Å². The van der Waals surface area contributed by atoms with Gasteiger partial charge in [-0.2, -0.15) is 0 Å². The number of benzene rings is 1. The van der Waals surface area contributed by atoms with Crippen molar-refractivity contribution in [2.45, 2.75) is 25.8 Å². The minimum atomic E-state index is -0.316. The summed E-state index contributed by atoms with van der Waals surface area (Å²) in [6.07, 6.45) is 3.66. The number of rotatable bonds is 2. The fraction of sp³-hybridized carbons (Fsp3) is 0.389. The molecule has 2 aliphatic heterocycles. The maximum absolute atomic E-state index is 12.9. The van der Waals surface area contributed by atoms with Crippen LogP contribution >= 0.6 is 15.9 Å². The summed E-state index contributed by atoms with van der Waals surface area (Å²) in [4.78, 5) is 38.7. The van der Waals surface area contributed by atoms with E-state index in [0.717, 1.165) is 28.5 Å². The predicted molar refractivity (Wildman–Crippen MR) is 97.4 cm³/mol. The number of nitrogens with two attached hydrogens (primary N) is 1. The second-order valence-corrected chi connectivity index (χ2v) is 7.66. The molecule has 1 fully saturated rings. The summed E-state index contributed by atoms with van der Waals surface area (Å²) in [6, 6.07) is 3.82. The van der Waals surface area contributed by atoms with E-state index in [9.17, 15) is 14.4 Å². The molecular formula is C18H18BrN3O3. The first kappa shape index (κ1) is 16.3. The van der Waals surface area contributed by atoms with Gasteiger partial charge in [-0.3, -0.25) is 14.4 Å². The standard InChI is InChI=1S/C18H18BrN3O3/c19-12-7-11-3-6-22-9-14(16(23)13(8-12)15(11)22)18(25)21-4-1-10(2-5-21)17(20)24/h7-10H,1-6H2,(H2,20,24). The number of aromatic nitrogens is 1. The lowest BCUT2D eigenvalue weighted by Crippen LogP contribution is -2.43. The molecule has 1 aromatic heterocycles. The van der Waals surface area contributed by atoms with Crippen LogP contribution in [0.5, 0.6) is 0 Å². The molecule has 1 saturated heterocycles. The zero-order chi connectivity index (χ0) is 17.7. The third kappa shape index (κ3) is 2.66. The van der Waals surface area contributed by atoms with E-state index in [0.29, 0.717) is 31.3 Å². The van der Waals surface area contributed by atoms with Crippen molar-refractivity contribution in [3.8, 4) is 0 Å². The lowest BCUT2D eigenvalue weighted by Gasteiger charge is -2.30. The number of amides is 2. The van der Waals surface area contributed by atoms with E-state index in [1.807, 2.05) is 10.6 Å². The van der Waals surface area contributed by atoms with Gasteiger partial charge in [0.1, 0.15) is 5.56 Å². The number of carbonyl (C=O) groups excluding carboxylic acids is 2. The Balaban J connectivity index is 1.71. The molecule has 0 saturated carbocycles. The monoisotopic (exact) mass is 403 g/mol. The van der Waals surface area contributed by atoms with Gasteiger partial charge >= 0.3 is 0 Å². The lowest BCUT2D eigenvalue weighted by molar-refractivity contribution is -0.123. The number of hydrogen-bond donors (Lipinski definition) is 1. The van der Waals surface area contributed by atoms with Crippen molar-refractivity contribution in [2.24, 2.45) is 11.7 Å². The summed E-state index contributed by atoms with van der Waals surface area (Å²) >= 11 is 3.45. The number of aryl methyl sites for hydroxylation is 2. The van der Waals surface area contributed by atoms with E-state index in [1.54, 1.807) is 17.2 Å². The van der Waals surface area contributed by atoms with Gasteiger partial charge < -0.3 is 15.2 Å². The van der Waals surface area contributed by atoms with Crippen molar-refractivity contribution >= 4 is 38.6 Å². The molecule has 6 nitrogen and oxygen atoms in total. The van der Waals surface area contributed by atoms with Gasteiger partial charge in [0, 0.05) is 41.6 Å².